The van der Waals surface area contributed by atoms with Crippen LogP contribution in [0.15, 0.2) is 24.3 Å². The number of nitrogens with zero attached hydrogens (tertiary/aromatic N) is 1. The summed E-state index contributed by atoms with van der Waals surface area (Å²) in [6.45, 7) is 9.20. The van der Waals surface area contributed by atoms with E-state index in [-0.39, 0.29) is 12.5 Å². The molecule has 0 radical (unpaired) electrons. The quantitative estimate of drug-likeness (QED) is 0.272. The van der Waals surface area contributed by atoms with Crippen LogP contribution in [-0.2, 0) is 23.9 Å². The van der Waals surface area contributed by atoms with Crippen molar-refractivity contribution in [1.29, 1.82) is 0 Å². The lowest BCUT2D eigenvalue weighted by atomic mass is 10.00. The van der Waals surface area contributed by atoms with Crippen molar-refractivity contribution < 1.29 is 28.7 Å². The zero-order chi connectivity index (χ0) is 28.0. The molecule has 2 unspecified atom stereocenters. The minimum Gasteiger partial charge on any atom is -0.468 e. The molecule has 3 amide bonds. The zero-order valence-corrected chi connectivity index (χ0v) is 24.0. The third-order valence-electron chi connectivity index (χ3n) is 5.44. The third-order valence-corrected chi connectivity index (χ3v) is 6.08. The standard InChI is InChI=1S/C27H43N3O6S/c1-8-9-10-15-30(25(33)21(14-16-37-7)29-26(34)36-27(3,4)5)23(20-13-11-12-19(2)17-20)24(32)28-18-22(31)35-6/h11-13,17,21,23H,8-10,14-16,18H2,1-7H3,(H,28,32)(H,29,34). The Morgan fingerprint density at radius 1 is 1.14 bits per heavy atom. The summed E-state index contributed by atoms with van der Waals surface area (Å²) in [6, 6.07) is 5.48. The molecule has 37 heavy (non-hydrogen) atoms. The molecule has 0 saturated carbocycles. The molecule has 0 aromatic heterocycles. The Morgan fingerprint density at radius 3 is 2.41 bits per heavy atom. The summed E-state index contributed by atoms with van der Waals surface area (Å²) in [4.78, 5) is 53.3. The second kappa shape index (κ2) is 16.2. The van der Waals surface area contributed by atoms with Gasteiger partial charge in [0.25, 0.3) is 0 Å². The van der Waals surface area contributed by atoms with Gasteiger partial charge in [-0.05, 0) is 58.1 Å². The Hall–Kier alpha value is -2.75. The fraction of sp³-hybridized carbons (Fsp3) is 0.630. The number of esters is 1. The minimum atomic E-state index is -0.994. The van der Waals surface area contributed by atoms with Crippen molar-refractivity contribution in [3.63, 3.8) is 0 Å². The van der Waals surface area contributed by atoms with Gasteiger partial charge in [-0.3, -0.25) is 14.4 Å². The number of hydrogen-bond acceptors (Lipinski definition) is 7. The van der Waals surface area contributed by atoms with Gasteiger partial charge in [0.05, 0.1) is 7.11 Å². The molecule has 0 fully saturated rings. The lowest BCUT2D eigenvalue weighted by Crippen LogP contribution is -2.53. The second-order valence-electron chi connectivity index (χ2n) is 9.83. The summed E-state index contributed by atoms with van der Waals surface area (Å²) in [5.41, 5.74) is 0.818. The number of unbranched alkanes of at least 4 members (excludes halogenated alkanes) is 2. The van der Waals surface area contributed by atoms with E-state index < -0.39 is 35.7 Å². The van der Waals surface area contributed by atoms with Crippen molar-refractivity contribution in [1.82, 2.24) is 15.5 Å². The Kier molecular flexibility index (Phi) is 14.1. The van der Waals surface area contributed by atoms with Gasteiger partial charge in [-0.15, -0.1) is 0 Å². The molecule has 0 bridgehead atoms. The number of carbonyl (C=O) groups is 4. The molecule has 2 atom stereocenters. The van der Waals surface area contributed by atoms with Gasteiger partial charge >= 0.3 is 12.1 Å². The SMILES string of the molecule is CCCCCN(C(=O)C(CCSC)NC(=O)OC(C)(C)C)C(C(=O)NCC(=O)OC)c1cccc(C)c1. The third kappa shape index (κ3) is 11.9. The number of hydrogen-bond donors (Lipinski definition) is 2. The normalized spacial score (nSPS) is 12.7. The first-order valence-corrected chi connectivity index (χ1v) is 14.0. The fourth-order valence-corrected chi connectivity index (χ4v) is 4.15. The first-order chi connectivity index (χ1) is 17.4. The predicted molar refractivity (Wildman–Crippen MR) is 146 cm³/mol. The largest absolute Gasteiger partial charge is 0.468 e. The monoisotopic (exact) mass is 537 g/mol. The smallest absolute Gasteiger partial charge is 0.408 e. The number of carbonyl (C=O) groups excluding carboxylic acids is 4. The highest BCUT2D eigenvalue weighted by Crippen LogP contribution is 2.25. The van der Waals surface area contributed by atoms with Gasteiger partial charge in [-0.2, -0.15) is 11.8 Å². The van der Waals surface area contributed by atoms with Gasteiger partial charge in [0.2, 0.25) is 11.8 Å². The second-order valence-corrected chi connectivity index (χ2v) is 10.8. The molecule has 1 aromatic rings. The lowest BCUT2D eigenvalue weighted by molar-refractivity contribution is -0.144. The maximum absolute atomic E-state index is 14.0. The predicted octanol–water partition coefficient (Wildman–Crippen LogP) is 3.99. The molecule has 1 rings (SSSR count). The summed E-state index contributed by atoms with van der Waals surface area (Å²) < 4.78 is 10.1. The van der Waals surface area contributed by atoms with E-state index in [0.29, 0.717) is 30.7 Å². The van der Waals surface area contributed by atoms with Crippen LogP contribution in [0.5, 0.6) is 0 Å². The molecular weight excluding hydrogens is 494 g/mol. The van der Waals surface area contributed by atoms with Crippen molar-refractivity contribution in [3.8, 4) is 0 Å². The van der Waals surface area contributed by atoms with Crippen LogP contribution < -0.4 is 10.6 Å². The number of nitrogens with one attached hydrogen (secondary N) is 2. The Labute approximate surface area is 225 Å². The maximum atomic E-state index is 14.0. The van der Waals surface area contributed by atoms with Crippen molar-refractivity contribution in [2.75, 3.05) is 32.2 Å². The van der Waals surface area contributed by atoms with Crippen LogP contribution in [0.25, 0.3) is 0 Å². The number of aryl methyl sites for hydroxylation is 1. The summed E-state index contributed by atoms with van der Waals surface area (Å²) in [6.07, 6.45) is 4.07. The minimum absolute atomic E-state index is 0.308. The number of rotatable bonds is 14. The van der Waals surface area contributed by atoms with Gasteiger partial charge in [0, 0.05) is 6.54 Å². The first kappa shape index (κ1) is 32.3. The van der Waals surface area contributed by atoms with Crippen molar-refractivity contribution in [2.45, 2.75) is 78.0 Å². The molecule has 208 valence electrons. The van der Waals surface area contributed by atoms with Gasteiger partial charge < -0.3 is 25.0 Å². The lowest BCUT2D eigenvalue weighted by Gasteiger charge is -2.34. The molecule has 10 heteroatoms. The van der Waals surface area contributed by atoms with Crippen LogP contribution in [-0.4, -0.2) is 72.6 Å². The van der Waals surface area contributed by atoms with Crippen LogP contribution in [0.2, 0.25) is 0 Å². The van der Waals surface area contributed by atoms with Crippen molar-refractivity contribution in [2.24, 2.45) is 0 Å². The highest BCUT2D eigenvalue weighted by Gasteiger charge is 2.36. The van der Waals surface area contributed by atoms with E-state index in [2.05, 4.69) is 22.3 Å². The van der Waals surface area contributed by atoms with Crippen LogP contribution >= 0.6 is 11.8 Å². The molecule has 2 N–H and O–H groups in total. The highest BCUT2D eigenvalue weighted by molar-refractivity contribution is 7.98. The molecule has 1 aromatic carbocycles. The Morgan fingerprint density at radius 2 is 1.84 bits per heavy atom. The number of methoxy groups -OCH3 is 1. The van der Waals surface area contributed by atoms with Crippen LogP contribution in [0.3, 0.4) is 0 Å². The molecule has 0 aliphatic carbocycles. The first-order valence-electron chi connectivity index (χ1n) is 12.6. The van der Waals surface area contributed by atoms with Gasteiger partial charge in [-0.1, -0.05) is 49.6 Å². The Bertz CT molecular complexity index is 902. The summed E-state index contributed by atoms with van der Waals surface area (Å²) in [5.74, 6) is -0.847. The number of ether oxygens (including phenoxy) is 2. The number of thioether (sulfide) groups is 1. The highest BCUT2D eigenvalue weighted by atomic mass is 32.2. The van der Waals surface area contributed by atoms with E-state index in [0.717, 1.165) is 18.4 Å². The van der Waals surface area contributed by atoms with Crippen LogP contribution in [0.4, 0.5) is 4.79 Å². The van der Waals surface area contributed by atoms with E-state index in [9.17, 15) is 19.2 Å². The molecule has 0 aliphatic rings. The van der Waals surface area contributed by atoms with Gasteiger partial charge in [0.15, 0.2) is 0 Å². The number of benzene rings is 1. The summed E-state index contributed by atoms with van der Waals surface area (Å²) in [5, 5.41) is 5.33. The molecule has 0 aliphatic heterocycles. The van der Waals surface area contributed by atoms with E-state index in [1.54, 1.807) is 38.6 Å². The fourth-order valence-electron chi connectivity index (χ4n) is 3.68. The zero-order valence-electron chi connectivity index (χ0n) is 23.2. The summed E-state index contributed by atoms with van der Waals surface area (Å²) in [7, 11) is 1.24. The van der Waals surface area contributed by atoms with Gasteiger partial charge in [-0.25, -0.2) is 4.79 Å². The topological polar surface area (TPSA) is 114 Å². The van der Waals surface area contributed by atoms with E-state index in [1.807, 2.05) is 31.4 Å². The Balaban J connectivity index is 3.44. The average Bonchev–Trinajstić information content (AvgIpc) is 2.82. The van der Waals surface area contributed by atoms with Crippen molar-refractivity contribution in [3.05, 3.63) is 35.4 Å². The van der Waals surface area contributed by atoms with E-state index >= 15 is 0 Å². The van der Waals surface area contributed by atoms with Gasteiger partial charge in [0.1, 0.15) is 24.2 Å². The molecular formula is C27H43N3O6S. The van der Waals surface area contributed by atoms with Crippen LogP contribution in [0, 0.1) is 6.92 Å². The molecule has 0 heterocycles. The number of amides is 3. The van der Waals surface area contributed by atoms with E-state index in [1.165, 1.54) is 12.0 Å². The van der Waals surface area contributed by atoms with Crippen molar-refractivity contribution >= 4 is 35.6 Å². The molecule has 0 spiro atoms. The molecule has 0 saturated heterocycles. The average molecular weight is 538 g/mol. The molecule has 9 nitrogen and oxygen atoms in total. The summed E-state index contributed by atoms with van der Waals surface area (Å²) >= 11 is 1.55. The maximum Gasteiger partial charge on any atom is 0.408 e. The van der Waals surface area contributed by atoms with Crippen LogP contribution in [0.1, 0.15) is 70.5 Å². The van der Waals surface area contributed by atoms with E-state index in [4.69, 9.17) is 4.74 Å². The number of alkyl carbamates (subject to hydrolysis) is 1.